The van der Waals surface area contributed by atoms with E-state index in [2.05, 4.69) is 0 Å². The molecule has 3 aliphatic rings. The van der Waals surface area contributed by atoms with Crippen molar-refractivity contribution in [2.75, 3.05) is 27.4 Å². The molecule has 3 aliphatic heterocycles. The van der Waals surface area contributed by atoms with Crippen molar-refractivity contribution in [1.82, 2.24) is 0 Å². The molecule has 0 bridgehead atoms. The second-order valence-corrected chi connectivity index (χ2v) is 16.1. The highest BCUT2D eigenvalue weighted by molar-refractivity contribution is 5.89. The van der Waals surface area contributed by atoms with E-state index >= 15 is 0 Å². The van der Waals surface area contributed by atoms with E-state index in [1.54, 1.807) is 0 Å². The number of hydrogen-bond acceptors (Lipinski definition) is 25. The van der Waals surface area contributed by atoms with Gasteiger partial charge in [0.2, 0.25) is 29.5 Å². The van der Waals surface area contributed by atoms with Gasteiger partial charge in [-0.2, -0.15) is 0 Å². The smallest absolute Gasteiger partial charge is 0.330 e. The Kier molecular flexibility index (Phi) is 15.4. The van der Waals surface area contributed by atoms with E-state index in [0.717, 1.165) is 30.3 Å². The van der Waals surface area contributed by atoms with Gasteiger partial charge in [0.25, 0.3) is 0 Å². The zero-order valence-corrected chi connectivity index (χ0v) is 36.5. The minimum absolute atomic E-state index is 0.0354. The molecule has 3 fully saturated rings. The zero-order valence-electron chi connectivity index (χ0n) is 36.5. The predicted octanol–water partition coefficient (Wildman–Crippen LogP) is -2.23. The molecule has 0 spiro atoms. The molecule has 25 nitrogen and oxygen atoms in total. The monoisotopic (exact) mass is 978 g/mol. The second kappa shape index (κ2) is 20.9. The van der Waals surface area contributed by atoms with Gasteiger partial charge in [-0.1, -0.05) is 0 Å². The number of hydrogen-bond donors (Lipinski definition) is 13. The lowest BCUT2D eigenvalue weighted by molar-refractivity contribution is -0.358. The zero-order chi connectivity index (χ0) is 50.2. The molecule has 0 aliphatic carbocycles. The van der Waals surface area contributed by atoms with E-state index in [0.29, 0.717) is 5.56 Å². The van der Waals surface area contributed by atoms with Crippen LogP contribution >= 0.6 is 0 Å². The molecule has 1 aromatic heterocycles. The van der Waals surface area contributed by atoms with Crippen LogP contribution in [0, 0.1) is 0 Å². The fourth-order valence-electron chi connectivity index (χ4n) is 7.65. The quantitative estimate of drug-likeness (QED) is 0.0361. The maximum absolute atomic E-state index is 14.5. The number of benzene rings is 3. The van der Waals surface area contributed by atoms with Crippen LogP contribution in [0.2, 0.25) is 0 Å². The average Bonchev–Trinajstić information content (AvgIpc) is 3.32. The number of ether oxygens (including phenoxy) is 9. The number of aliphatic hydroxyl groups excluding tert-OH is 9. The van der Waals surface area contributed by atoms with Crippen molar-refractivity contribution < 1.29 is 118 Å². The van der Waals surface area contributed by atoms with E-state index in [1.807, 2.05) is 0 Å². The van der Waals surface area contributed by atoms with Crippen LogP contribution < -0.4 is 24.4 Å². The Morgan fingerprint density at radius 2 is 1.32 bits per heavy atom. The molecule has 15 atom stereocenters. The van der Waals surface area contributed by atoms with Crippen LogP contribution in [-0.4, -0.2) is 192 Å². The Morgan fingerprint density at radius 3 is 1.97 bits per heavy atom. The summed E-state index contributed by atoms with van der Waals surface area (Å²) in [4.78, 5) is 27.2. The number of rotatable bonds is 14. The number of aliphatic hydroxyl groups is 9. The SMILES string of the molecule is COc1cc(/C=C/C(=O)OC[C@H]2O[C@@H](O[C@@H]3[C@H](Oc4c(-c5ccc(O)c(O)c5)oc5cc(O[C@@H]6O[C@H](C)[C@H](O)[C@@H](O)[C@H]6O)cc(O)c5c4=O)O[C@@H](CO)[C@H](O)[C@@H]3O)[C@H](O)[C@H](O)[C@@H]2O)cc(OC)c1O. The maximum Gasteiger partial charge on any atom is 0.330 e. The van der Waals surface area contributed by atoms with Gasteiger partial charge in [0.15, 0.2) is 41.2 Å². The molecular formula is C44H50O25. The Morgan fingerprint density at radius 1 is 0.681 bits per heavy atom. The third-order valence-corrected chi connectivity index (χ3v) is 11.5. The lowest BCUT2D eigenvalue weighted by Crippen LogP contribution is -2.65. The highest BCUT2D eigenvalue weighted by Gasteiger charge is 2.52. The van der Waals surface area contributed by atoms with E-state index in [1.165, 1.54) is 45.4 Å². The summed E-state index contributed by atoms with van der Waals surface area (Å²) >= 11 is 0. The van der Waals surface area contributed by atoms with Crippen LogP contribution in [0.15, 0.2) is 57.8 Å². The largest absolute Gasteiger partial charge is 0.507 e. The molecule has 4 aromatic rings. The summed E-state index contributed by atoms with van der Waals surface area (Å²) in [6.07, 6.45) is -25.0. The van der Waals surface area contributed by atoms with Gasteiger partial charge in [0.1, 0.15) is 90.1 Å². The Labute approximate surface area is 388 Å². The molecule has 7 rings (SSSR count). The predicted molar refractivity (Wildman–Crippen MR) is 227 cm³/mol. The van der Waals surface area contributed by atoms with E-state index < -0.39 is 156 Å². The standard InChI is InChI=1S/C44H50O25/c1-15-29(50)34(55)37(58)42(63-15)64-18-11-21(48)28-22(12-18)65-39(17-5-6-19(46)20(47)10-17)40(33(28)54)68-44-41(36(57)31(52)25(13-45)66-44)69-43-38(59)35(56)32(53)26(67-43)14-62-27(49)7-4-16-8-23(60-2)30(51)24(9-16)61-3/h4-12,15,25-26,29,31-32,34-38,41-48,50-53,55-59H,13-14H2,1-3H3/b7-4+/t15-,25+,26-,29+,31+,32-,34-,35-,36+,37-,38-,41+,42+,43+,44+/m1/s1. The van der Waals surface area contributed by atoms with Crippen molar-refractivity contribution in [1.29, 1.82) is 0 Å². The van der Waals surface area contributed by atoms with Crippen LogP contribution in [0.5, 0.6) is 46.0 Å². The highest BCUT2D eigenvalue weighted by Crippen LogP contribution is 2.41. The summed E-state index contributed by atoms with van der Waals surface area (Å²) in [7, 11) is 2.60. The summed E-state index contributed by atoms with van der Waals surface area (Å²) < 4.78 is 55.9. The molecule has 3 aromatic carbocycles. The normalized spacial score (nSPS) is 31.6. The second-order valence-electron chi connectivity index (χ2n) is 16.1. The lowest BCUT2D eigenvalue weighted by atomic mass is 9.97. The fraction of sp³-hybridized carbons (Fsp3) is 0.455. The topological polar surface area (TPSA) is 393 Å². The van der Waals surface area contributed by atoms with Crippen LogP contribution in [0.1, 0.15) is 12.5 Å². The highest BCUT2D eigenvalue weighted by atomic mass is 16.8. The molecule has 4 heterocycles. The maximum atomic E-state index is 14.5. The summed E-state index contributed by atoms with van der Waals surface area (Å²) in [5.41, 5.74) is -1.45. The van der Waals surface area contributed by atoms with Crippen LogP contribution in [0.4, 0.5) is 0 Å². The first-order chi connectivity index (χ1) is 32.8. The first-order valence-electron chi connectivity index (χ1n) is 20.9. The Balaban J connectivity index is 1.18. The lowest BCUT2D eigenvalue weighted by Gasteiger charge is -2.45. The number of fused-ring (bicyclic) bond motifs is 1. The van der Waals surface area contributed by atoms with E-state index in [-0.39, 0.29) is 28.6 Å². The molecule has 0 unspecified atom stereocenters. The average molecular weight is 979 g/mol. The van der Waals surface area contributed by atoms with Gasteiger partial charge in [-0.3, -0.25) is 4.79 Å². The third kappa shape index (κ3) is 10.3. The number of methoxy groups -OCH3 is 2. The summed E-state index contributed by atoms with van der Waals surface area (Å²) in [6.45, 7) is -0.337. The van der Waals surface area contributed by atoms with Gasteiger partial charge in [0, 0.05) is 23.8 Å². The van der Waals surface area contributed by atoms with Crippen LogP contribution in [0.3, 0.4) is 0 Å². The van der Waals surface area contributed by atoms with Crippen molar-refractivity contribution in [3.8, 4) is 57.3 Å². The van der Waals surface area contributed by atoms with Crippen molar-refractivity contribution in [2.24, 2.45) is 0 Å². The molecule has 3 saturated heterocycles. The van der Waals surface area contributed by atoms with E-state index in [9.17, 15) is 76.0 Å². The molecule has 13 N–H and O–H groups in total. The first-order valence-corrected chi connectivity index (χ1v) is 20.9. The molecule has 0 saturated carbocycles. The van der Waals surface area contributed by atoms with Gasteiger partial charge in [-0.05, 0) is 48.9 Å². The van der Waals surface area contributed by atoms with Crippen molar-refractivity contribution >= 4 is 23.0 Å². The number of phenols is 4. The summed E-state index contributed by atoms with van der Waals surface area (Å²) in [6, 6.07) is 7.89. The first kappa shape index (κ1) is 50.8. The molecule has 376 valence electrons. The molecule has 0 radical (unpaired) electrons. The van der Waals surface area contributed by atoms with E-state index in [4.69, 9.17) is 47.0 Å². The molecule has 25 heteroatoms. The van der Waals surface area contributed by atoms with Crippen molar-refractivity contribution in [3.63, 3.8) is 0 Å². The molecule has 0 amide bonds. The number of carbonyl (C=O) groups excluding carboxylic acids is 1. The number of carbonyl (C=O) groups is 1. The van der Waals surface area contributed by atoms with Gasteiger partial charge in [-0.15, -0.1) is 0 Å². The molecular weight excluding hydrogens is 928 g/mol. The van der Waals surface area contributed by atoms with Crippen molar-refractivity contribution in [3.05, 3.63) is 64.3 Å². The third-order valence-electron chi connectivity index (χ3n) is 11.5. The van der Waals surface area contributed by atoms with Gasteiger partial charge in [0.05, 0.1) is 26.9 Å². The Hall–Kier alpha value is -6.04. The number of phenolic OH excluding ortho intramolecular Hbond substituents is 4. The minimum atomic E-state index is -2.13. The van der Waals surface area contributed by atoms with Crippen LogP contribution in [-0.2, 0) is 28.5 Å². The number of esters is 1. The van der Waals surface area contributed by atoms with Crippen molar-refractivity contribution in [2.45, 2.75) is 99.0 Å². The summed E-state index contributed by atoms with van der Waals surface area (Å²) in [5.74, 6) is -5.05. The fourth-order valence-corrected chi connectivity index (χ4v) is 7.65. The number of aromatic hydroxyl groups is 4. The summed E-state index contributed by atoms with van der Waals surface area (Å²) in [5, 5.41) is 137. The van der Waals surface area contributed by atoms with Gasteiger partial charge >= 0.3 is 5.97 Å². The molecule has 69 heavy (non-hydrogen) atoms. The van der Waals surface area contributed by atoms with Gasteiger partial charge in [-0.25, -0.2) is 4.79 Å². The van der Waals surface area contributed by atoms with Crippen LogP contribution in [0.25, 0.3) is 28.4 Å². The van der Waals surface area contributed by atoms with Gasteiger partial charge < -0.3 is 113 Å². The Bertz CT molecular complexity index is 2540. The minimum Gasteiger partial charge on any atom is -0.507 e.